The first-order valence-corrected chi connectivity index (χ1v) is 30.2. The Labute approximate surface area is 509 Å². The molecule has 3 heterocycles. The molecule has 0 bridgehead atoms. The summed E-state index contributed by atoms with van der Waals surface area (Å²) in [6.07, 6.45) is 5.24. The van der Waals surface area contributed by atoms with Crippen LogP contribution < -0.4 is 46.8 Å². The molecular weight excluding hydrogens is 1170 g/mol. The molecule has 3 atom stereocenters. The summed E-state index contributed by atoms with van der Waals surface area (Å²) in [5.41, 5.74) is 0.920. The van der Waals surface area contributed by atoms with Gasteiger partial charge in [0.2, 0.25) is 39.1 Å². The van der Waals surface area contributed by atoms with Gasteiger partial charge in [-0.3, -0.25) is 62.8 Å². The Morgan fingerprint density at radius 2 is 1.30 bits per heavy atom. The highest BCUT2D eigenvalue weighted by Gasteiger charge is 2.31. The summed E-state index contributed by atoms with van der Waals surface area (Å²) in [5, 5.41) is 55.5. The molecule has 1 saturated heterocycles. The molecule has 5 amide bonds. The number of aromatic amines is 1. The van der Waals surface area contributed by atoms with Gasteiger partial charge in [0.25, 0.3) is 5.91 Å². The third-order valence-electron chi connectivity index (χ3n) is 14.3. The molecular formula is C57H82N14O16S. The first-order valence-electron chi connectivity index (χ1n) is 28.7. The van der Waals surface area contributed by atoms with Crippen LogP contribution in [-0.2, 0) is 57.2 Å². The second-order valence-electron chi connectivity index (χ2n) is 21.3. The first-order chi connectivity index (χ1) is 41.8. The fraction of sp³-hybridized carbons (Fsp3) is 0.509. The zero-order valence-electron chi connectivity index (χ0n) is 50.2. The second-order valence-corrected chi connectivity index (χ2v) is 22.9. The highest BCUT2D eigenvalue weighted by molar-refractivity contribution is 7.89. The Hall–Kier alpha value is -8.49. The molecule has 3 unspecified atom stereocenters. The van der Waals surface area contributed by atoms with Crippen molar-refractivity contribution >= 4 is 74.3 Å². The molecule has 0 aliphatic carbocycles. The van der Waals surface area contributed by atoms with E-state index in [-0.39, 0.29) is 142 Å². The number of sulfonamides is 1. The molecule has 31 heteroatoms. The number of hydrogen-bond acceptors (Lipinski definition) is 19. The van der Waals surface area contributed by atoms with E-state index in [1.165, 1.54) is 32.2 Å². The van der Waals surface area contributed by atoms with Crippen LogP contribution in [0.25, 0.3) is 10.9 Å². The average Bonchev–Trinajstić information content (AvgIpc) is 2.78. The molecule has 1 aliphatic rings. The maximum atomic E-state index is 13.7. The number of aryl methyl sites for hydroxylation is 3. The summed E-state index contributed by atoms with van der Waals surface area (Å²) in [4.78, 5) is 129. The number of benzene rings is 2. The van der Waals surface area contributed by atoms with E-state index in [2.05, 4.69) is 53.2 Å². The van der Waals surface area contributed by atoms with Gasteiger partial charge in [-0.2, -0.15) is 4.72 Å². The van der Waals surface area contributed by atoms with E-state index >= 15 is 0 Å². The van der Waals surface area contributed by atoms with Crippen LogP contribution in [0.3, 0.4) is 0 Å². The zero-order chi connectivity index (χ0) is 64.7. The Morgan fingerprint density at radius 3 is 1.84 bits per heavy atom. The summed E-state index contributed by atoms with van der Waals surface area (Å²) in [6.45, 7) is 11.4. The number of carbonyl (C=O) groups is 8. The number of nitrogens with one attached hydrogen (secondary N) is 8. The number of imidazole rings is 1. The largest absolute Gasteiger partial charge is 0.512 e. The molecule has 4 aromatic rings. The second kappa shape index (κ2) is 34.2. The maximum Gasteiger partial charge on any atom is 0.323 e. The monoisotopic (exact) mass is 1250 g/mol. The van der Waals surface area contributed by atoms with Crippen LogP contribution in [0.1, 0.15) is 66.6 Å². The first kappa shape index (κ1) is 70.3. The topological polar surface area (TPSA) is 409 Å². The van der Waals surface area contributed by atoms with Gasteiger partial charge in [0.05, 0.1) is 49.0 Å². The summed E-state index contributed by atoms with van der Waals surface area (Å²) in [5.74, 6) is -5.82. The van der Waals surface area contributed by atoms with Crippen LogP contribution in [0.5, 0.6) is 5.75 Å². The quantitative estimate of drug-likeness (QED) is 0.0212. The van der Waals surface area contributed by atoms with E-state index in [1.807, 2.05) is 4.90 Å². The van der Waals surface area contributed by atoms with Crippen molar-refractivity contribution in [2.24, 2.45) is 7.05 Å². The number of anilines is 1. The van der Waals surface area contributed by atoms with Crippen molar-refractivity contribution in [2.45, 2.75) is 82.9 Å². The third kappa shape index (κ3) is 22.3. The molecule has 482 valence electrons. The lowest BCUT2D eigenvalue weighted by Gasteiger charge is -2.33. The minimum atomic E-state index is -4.51. The lowest BCUT2D eigenvalue weighted by atomic mass is 10.1. The molecule has 0 saturated carbocycles. The number of hydrogen-bond donors (Lipinski definition) is 12. The summed E-state index contributed by atoms with van der Waals surface area (Å²) < 4.78 is 36.9. The van der Waals surface area contributed by atoms with Crippen LogP contribution in [0.15, 0.2) is 71.0 Å². The third-order valence-corrected chi connectivity index (χ3v) is 16.1. The van der Waals surface area contributed by atoms with Crippen molar-refractivity contribution in [1.29, 1.82) is 0 Å². The van der Waals surface area contributed by atoms with Gasteiger partial charge in [-0.1, -0.05) is 26.5 Å². The SMILES string of the molecule is C=C(O)CN1CCN(CC(=O)O)CCN(CC(=O)NC(CC)C(=O)NC(CC)C(=O)NCCNC(=O)CCCOc2cc(C)c(S(=O)(=O)NC(CNC(=O)c3cn(C)c4cc(CNc5ncc[nH]5)ccc4c3=O)C(=O)O)c(C)c2)CCN(CC(=O)O)CC1. The van der Waals surface area contributed by atoms with Gasteiger partial charge in [-0.15, -0.1) is 0 Å². The molecule has 0 spiro atoms. The van der Waals surface area contributed by atoms with Gasteiger partial charge in [-0.25, -0.2) is 13.4 Å². The predicted octanol–water partition coefficient (Wildman–Crippen LogP) is -0.704. The molecule has 0 radical (unpaired) electrons. The lowest BCUT2D eigenvalue weighted by Crippen LogP contribution is -2.55. The predicted molar refractivity (Wildman–Crippen MR) is 323 cm³/mol. The zero-order valence-corrected chi connectivity index (χ0v) is 51.0. The minimum Gasteiger partial charge on any atom is -0.512 e. The van der Waals surface area contributed by atoms with Gasteiger partial charge >= 0.3 is 17.9 Å². The number of carbonyl (C=O) groups excluding carboxylic acids is 5. The average molecular weight is 1250 g/mol. The number of aromatic nitrogens is 3. The van der Waals surface area contributed by atoms with E-state index in [9.17, 15) is 72.0 Å². The standard InChI is InChI=1S/C57H82N14O16S/c1-7-43(65-55(82)44(8-2)64-48(74)33-69-19-23-70(34-49(75)76)21-17-68(31-38(5)72)18-22-71(24-20-69)35-50(77)78)54(81)59-14-13-58-47(73)10-9-25-87-40-26-36(3)52(37(4)27-40)88(85,86)66-45(56(83)84)30-62-53(80)42-32-67(6)46-28-39(11-12-41(46)51(42)79)29-63-57-60-15-16-61-57/h11-12,15-16,26-28,32,43-45,66,72H,5,7-10,13-14,17-25,29-31,33-35H2,1-4,6H3,(H,58,73)(H,59,81)(H,62,80)(H,64,74)(H,65,82)(H,75,76)(H,77,78)(H,83,84)(H2,60,61,63). The number of pyridine rings is 1. The minimum absolute atomic E-state index is 0.0210. The molecule has 1 fully saturated rings. The molecule has 5 rings (SSSR count). The van der Waals surface area contributed by atoms with E-state index in [0.29, 0.717) is 44.2 Å². The number of ether oxygens (including phenoxy) is 1. The molecule has 30 nitrogen and oxygen atoms in total. The number of aliphatic carboxylic acids is 3. The molecule has 12 N–H and O–H groups in total. The van der Waals surface area contributed by atoms with Crippen molar-refractivity contribution < 1.29 is 71.9 Å². The Kier molecular flexibility index (Phi) is 27.3. The van der Waals surface area contributed by atoms with Crippen LogP contribution in [0, 0.1) is 13.8 Å². The Balaban J connectivity index is 1.04. The lowest BCUT2D eigenvalue weighted by molar-refractivity contribution is -0.139. The maximum absolute atomic E-state index is 13.7. The number of amides is 5. The van der Waals surface area contributed by atoms with Crippen LogP contribution in [0.2, 0.25) is 0 Å². The number of rotatable bonds is 32. The number of carboxylic acids is 3. The number of aliphatic hydroxyl groups is 1. The number of nitrogens with zero attached hydrogens (tertiary/aromatic N) is 6. The van der Waals surface area contributed by atoms with Gasteiger partial charge in [0, 0.05) is 116 Å². The summed E-state index contributed by atoms with van der Waals surface area (Å²) in [7, 11) is -2.87. The van der Waals surface area contributed by atoms with E-state index in [1.54, 1.807) is 70.8 Å². The number of fused-ring (bicyclic) bond motifs is 1. The molecule has 2 aromatic heterocycles. The van der Waals surface area contributed by atoms with Crippen LogP contribution in [0.4, 0.5) is 5.95 Å². The van der Waals surface area contributed by atoms with Crippen molar-refractivity contribution in [2.75, 3.05) is 110 Å². The Bertz CT molecular complexity index is 3230. The number of carboxylic acid groups (broad SMARTS) is 3. The van der Waals surface area contributed by atoms with Crippen LogP contribution >= 0.6 is 0 Å². The normalized spacial score (nSPS) is 15.1. The number of aliphatic hydroxyl groups excluding tert-OH is 1. The fourth-order valence-corrected chi connectivity index (χ4v) is 11.4. The van der Waals surface area contributed by atoms with Gasteiger partial charge in [-0.05, 0) is 74.1 Å². The van der Waals surface area contributed by atoms with Crippen molar-refractivity contribution in [3.63, 3.8) is 0 Å². The number of H-pyrrole nitrogens is 1. The van der Waals surface area contributed by atoms with E-state index in [0.717, 1.165) is 5.56 Å². The molecule has 88 heavy (non-hydrogen) atoms. The Morgan fingerprint density at radius 1 is 0.727 bits per heavy atom. The van der Waals surface area contributed by atoms with Crippen molar-refractivity contribution in [3.05, 3.63) is 93.7 Å². The van der Waals surface area contributed by atoms with Gasteiger partial charge in [0.1, 0.15) is 29.4 Å². The summed E-state index contributed by atoms with van der Waals surface area (Å²) in [6, 6.07) is 4.14. The smallest absolute Gasteiger partial charge is 0.323 e. The highest BCUT2D eigenvalue weighted by Crippen LogP contribution is 2.26. The van der Waals surface area contributed by atoms with E-state index < -0.39 is 81.7 Å². The van der Waals surface area contributed by atoms with Crippen LogP contribution in [-0.4, -0.2) is 233 Å². The van der Waals surface area contributed by atoms with Gasteiger partial charge in [0.15, 0.2) is 5.95 Å². The van der Waals surface area contributed by atoms with Crippen molar-refractivity contribution in [1.82, 2.24) is 65.4 Å². The summed E-state index contributed by atoms with van der Waals surface area (Å²) >= 11 is 0. The molecule has 2 aromatic carbocycles. The fourth-order valence-electron chi connectivity index (χ4n) is 9.78. The van der Waals surface area contributed by atoms with Crippen molar-refractivity contribution in [3.8, 4) is 5.75 Å². The van der Waals surface area contributed by atoms with Gasteiger partial charge < -0.3 is 66.6 Å². The molecule has 1 aliphatic heterocycles. The highest BCUT2D eigenvalue weighted by atomic mass is 32.2. The van der Waals surface area contributed by atoms with E-state index in [4.69, 9.17) is 4.74 Å².